The van der Waals surface area contributed by atoms with E-state index in [1.807, 2.05) is 0 Å². The van der Waals surface area contributed by atoms with Crippen molar-refractivity contribution in [2.75, 3.05) is 11.4 Å². The van der Waals surface area contributed by atoms with Gasteiger partial charge in [0.2, 0.25) is 0 Å². The van der Waals surface area contributed by atoms with Crippen LogP contribution >= 0.6 is 23.2 Å². The molecule has 1 unspecified atom stereocenters. The summed E-state index contributed by atoms with van der Waals surface area (Å²) in [4.78, 5) is 31.4. The number of pyridine rings is 1. The lowest BCUT2D eigenvalue weighted by atomic mass is 9.85. The topological polar surface area (TPSA) is 82.5 Å². The van der Waals surface area contributed by atoms with Crippen molar-refractivity contribution in [1.82, 2.24) is 10.3 Å². The van der Waals surface area contributed by atoms with Crippen molar-refractivity contribution in [3.05, 3.63) is 93.0 Å². The second kappa shape index (κ2) is 10.8. The fourth-order valence-electron chi connectivity index (χ4n) is 5.50. The number of carbonyl (C=O) groups excluding carboxylic acids is 2. The monoisotopic (exact) mass is 577 g/mol. The Bertz CT molecular complexity index is 1430. The number of aromatic nitrogens is 1. The standard InChI is InChI=1S/C28H24Cl2F3N3O3/c29-16-12-18(23(25(32)33)34-13-16)26(37)35-17-10-8-15(9-11-17)14-36-24-20(5-3-6-21(24)30)28(39,27(36)38)19-4-1-2-7-22(19)31/h1-7,12-13,15,17,25,39H,8-11,14H2,(H,35,37)/t15-,17-,28?. The van der Waals surface area contributed by atoms with Gasteiger partial charge in [-0.05, 0) is 49.8 Å². The second-order valence-electron chi connectivity index (χ2n) is 9.82. The van der Waals surface area contributed by atoms with Gasteiger partial charge in [-0.25, -0.2) is 13.2 Å². The van der Waals surface area contributed by atoms with Crippen molar-refractivity contribution in [3.8, 4) is 0 Å². The van der Waals surface area contributed by atoms with Gasteiger partial charge in [-0.2, -0.15) is 0 Å². The van der Waals surface area contributed by atoms with Crippen molar-refractivity contribution >= 4 is 40.7 Å². The minimum Gasteiger partial charge on any atom is -0.372 e. The maximum atomic E-state index is 14.8. The number of hydrogen-bond donors (Lipinski definition) is 2. The molecular formula is C28H24Cl2F3N3O3. The number of aliphatic hydroxyl groups is 1. The van der Waals surface area contributed by atoms with Gasteiger partial charge in [0.15, 0.2) is 5.60 Å². The van der Waals surface area contributed by atoms with Crippen LogP contribution in [0.25, 0.3) is 0 Å². The fraction of sp³-hybridized carbons (Fsp3) is 0.321. The number of nitrogens with one attached hydrogen (secondary N) is 1. The minimum absolute atomic E-state index is 0.00124. The Hall–Kier alpha value is -3.14. The first kappa shape index (κ1) is 27.4. The van der Waals surface area contributed by atoms with Gasteiger partial charge in [-0.3, -0.25) is 14.6 Å². The maximum absolute atomic E-state index is 14.8. The SMILES string of the molecule is O=C(N[C@H]1CC[C@H](CN2C(=O)C(O)(c3ccccc3F)c3cccc(Cl)c32)CC1)c1cc(Cl)cnc1C(F)F. The van der Waals surface area contributed by atoms with E-state index in [0.29, 0.717) is 31.4 Å². The zero-order chi connectivity index (χ0) is 27.9. The van der Waals surface area contributed by atoms with E-state index in [1.54, 1.807) is 24.3 Å². The number of anilines is 1. The Morgan fingerprint density at radius 2 is 1.79 bits per heavy atom. The van der Waals surface area contributed by atoms with Crippen molar-refractivity contribution < 1.29 is 27.9 Å². The quantitative estimate of drug-likeness (QED) is 0.374. The Morgan fingerprint density at radius 3 is 2.49 bits per heavy atom. The molecule has 0 radical (unpaired) electrons. The Balaban J connectivity index is 1.30. The van der Waals surface area contributed by atoms with Crippen molar-refractivity contribution in [2.24, 2.45) is 5.92 Å². The average Bonchev–Trinajstić information content (AvgIpc) is 3.13. The van der Waals surface area contributed by atoms with Crippen LogP contribution in [0.3, 0.4) is 0 Å². The molecule has 0 spiro atoms. The molecule has 204 valence electrons. The number of nitrogens with zero attached hydrogens (tertiary/aromatic N) is 2. The molecule has 2 amide bonds. The van der Waals surface area contributed by atoms with Crippen molar-refractivity contribution in [2.45, 2.75) is 43.8 Å². The molecule has 2 aromatic carbocycles. The summed E-state index contributed by atoms with van der Waals surface area (Å²) < 4.78 is 41.4. The lowest BCUT2D eigenvalue weighted by Crippen LogP contribution is -2.45. The number of carbonyl (C=O) groups is 2. The summed E-state index contributed by atoms with van der Waals surface area (Å²) in [5, 5.41) is 14.7. The predicted octanol–water partition coefficient (Wildman–Crippen LogP) is 6.04. The number of halogens is 5. The third-order valence-electron chi connectivity index (χ3n) is 7.42. The molecule has 2 heterocycles. The molecule has 1 saturated carbocycles. The fourth-order valence-corrected chi connectivity index (χ4v) is 5.93. The van der Waals surface area contributed by atoms with Gasteiger partial charge < -0.3 is 15.3 Å². The molecule has 0 bridgehead atoms. The zero-order valence-corrected chi connectivity index (χ0v) is 22.0. The van der Waals surface area contributed by atoms with Crippen LogP contribution in [-0.4, -0.2) is 34.5 Å². The number of para-hydroxylation sites is 1. The first-order chi connectivity index (χ1) is 18.6. The summed E-state index contributed by atoms with van der Waals surface area (Å²) in [7, 11) is 0. The van der Waals surface area contributed by atoms with Crippen LogP contribution < -0.4 is 10.2 Å². The second-order valence-corrected chi connectivity index (χ2v) is 10.7. The summed E-state index contributed by atoms with van der Waals surface area (Å²) in [5.41, 5.74) is -2.69. The molecule has 1 aliphatic heterocycles. The number of benzene rings is 2. The highest BCUT2D eigenvalue weighted by atomic mass is 35.5. The Morgan fingerprint density at radius 1 is 1.10 bits per heavy atom. The number of rotatable bonds is 6. The van der Waals surface area contributed by atoms with Crippen molar-refractivity contribution in [3.63, 3.8) is 0 Å². The van der Waals surface area contributed by atoms with Gasteiger partial charge >= 0.3 is 0 Å². The van der Waals surface area contributed by atoms with Crippen LogP contribution in [0.1, 0.15) is 59.3 Å². The van der Waals surface area contributed by atoms with Crippen LogP contribution in [0.2, 0.25) is 10.0 Å². The van der Waals surface area contributed by atoms with E-state index < -0.39 is 35.4 Å². The zero-order valence-electron chi connectivity index (χ0n) is 20.5. The molecule has 1 aliphatic carbocycles. The predicted molar refractivity (Wildman–Crippen MR) is 141 cm³/mol. The summed E-state index contributed by atoms with van der Waals surface area (Å²) in [6.07, 6.45) is 0.467. The van der Waals surface area contributed by atoms with Gasteiger partial charge in [0.25, 0.3) is 18.2 Å². The van der Waals surface area contributed by atoms with Gasteiger partial charge in [-0.1, -0.05) is 53.5 Å². The van der Waals surface area contributed by atoms with Crippen molar-refractivity contribution in [1.29, 1.82) is 0 Å². The summed E-state index contributed by atoms with van der Waals surface area (Å²) in [5.74, 6) is -2.06. The third kappa shape index (κ3) is 4.99. The minimum atomic E-state index is -2.92. The lowest BCUT2D eigenvalue weighted by Gasteiger charge is -2.32. The van der Waals surface area contributed by atoms with Crippen LogP contribution in [0.4, 0.5) is 18.9 Å². The van der Waals surface area contributed by atoms with E-state index in [9.17, 15) is 27.9 Å². The first-order valence-electron chi connectivity index (χ1n) is 12.4. The van der Waals surface area contributed by atoms with Crippen LogP contribution in [0.5, 0.6) is 0 Å². The number of alkyl halides is 2. The highest BCUT2D eigenvalue weighted by molar-refractivity contribution is 6.35. The Kier molecular flexibility index (Phi) is 7.59. The van der Waals surface area contributed by atoms with Crippen LogP contribution in [-0.2, 0) is 10.4 Å². The van der Waals surface area contributed by atoms with E-state index in [1.165, 1.54) is 29.2 Å². The summed E-state index contributed by atoms with van der Waals surface area (Å²) >= 11 is 12.3. The molecule has 1 fully saturated rings. The molecule has 3 aromatic rings. The van der Waals surface area contributed by atoms with E-state index in [2.05, 4.69) is 10.3 Å². The van der Waals surface area contributed by atoms with Crippen LogP contribution in [0.15, 0.2) is 54.7 Å². The lowest BCUT2D eigenvalue weighted by molar-refractivity contribution is -0.132. The maximum Gasteiger partial charge on any atom is 0.281 e. The molecule has 11 heteroatoms. The molecule has 39 heavy (non-hydrogen) atoms. The molecule has 0 saturated heterocycles. The largest absolute Gasteiger partial charge is 0.372 e. The molecule has 5 rings (SSSR count). The third-order valence-corrected chi connectivity index (χ3v) is 7.94. The van der Waals surface area contributed by atoms with E-state index in [-0.39, 0.29) is 45.2 Å². The van der Waals surface area contributed by atoms with E-state index in [4.69, 9.17) is 23.2 Å². The van der Waals surface area contributed by atoms with Gasteiger partial charge in [0, 0.05) is 29.9 Å². The average molecular weight is 578 g/mol. The molecule has 2 N–H and O–H groups in total. The smallest absolute Gasteiger partial charge is 0.281 e. The van der Waals surface area contributed by atoms with Crippen LogP contribution in [0, 0.1) is 11.7 Å². The van der Waals surface area contributed by atoms with E-state index in [0.717, 1.165) is 6.20 Å². The molecular weight excluding hydrogens is 554 g/mol. The Labute approximate surface area is 232 Å². The molecule has 1 aromatic heterocycles. The molecule has 6 nitrogen and oxygen atoms in total. The number of amides is 2. The van der Waals surface area contributed by atoms with Gasteiger partial charge in [0.05, 0.1) is 21.3 Å². The van der Waals surface area contributed by atoms with E-state index >= 15 is 0 Å². The van der Waals surface area contributed by atoms with Gasteiger partial charge in [-0.15, -0.1) is 0 Å². The normalized spacial score (nSPS) is 22.7. The number of hydrogen-bond acceptors (Lipinski definition) is 4. The first-order valence-corrected chi connectivity index (χ1v) is 13.2. The number of fused-ring (bicyclic) bond motifs is 1. The summed E-state index contributed by atoms with van der Waals surface area (Å²) in [6, 6.07) is 11.3. The highest BCUT2D eigenvalue weighted by Gasteiger charge is 2.53. The highest BCUT2D eigenvalue weighted by Crippen LogP contribution is 2.48. The summed E-state index contributed by atoms with van der Waals surface area (Å²) in [6.45, 7) is 0.237. The van der Waals surface area contributed by atoms with Gasteiger partial charge in [0.1, 0.15) is 11.5 Å². The molecule has 1 atom stereocenters. The molecule has 2 aliphatic rings.